The fourth-order valence-electron chi connectivity index (χ4n) is 1.97. The maximum absolute atomic E-state index is 11.9. The van der Waals surface area contributed by atoms with Gasteiger partial charge in [-0.2, -0.15) is 0 Å². The van der Waals surface area contributed by atoms with Crippen LogP contribution in [0.2, 0.25) is 0 Å². The van der Waals surface area contributed by atoms with E-state index in [4.69, 9.17) is 0 Å². The van der Waals surface area contributed by atoms with Crippen LogP contribution in [0.15, 0.2) is 12.5 Å². The maximum atomic E-state index is 11.9. The minimum atomic E-state index is 0.151. The summed E-state index contributed by atoms with van der Waals surface area (Å²) in [6, 6.07) is 0. The molecule has 5 nitrogen and oxygen atoms in total. The molecule has 0 aliphatic rings. The van der Waals surface area contributed by atoms with Crippen LogP contribution in [0.1, 0.15) is 32.9 Å². The van der Waals surface area contributed by atoms with Crippen molar-refractivity contribution >= 4 is 5.91 Å². The maximum Gasteiger partial charge on any atom is 0.242 e. The minimum absolute atomic E-state index is 0.151. The van der Waals surface area contributed by atoms with Crippen molar-refractivity contribution < 1.29 is 4.79 Å². The van der Waals surface area contributed by atoms with E-state index in [0.717, 1.165) is 44.7 Å². The molecule has 0 bridgehead atoms. The van der Waals surface area contributed by atoms with Gasteiger partial charge in [-0.05, 0) is 26.8 Å². The summed E-state index contributed by atoms with van der Waals surface area (Å²) in [6.07, 6.45) is 5.77. The van der Waals surface area contributed by atoms with E-state index in [2.05, 4.69) is 17.2 Å². The number of likely N-dealkylation sites (N-methyl/N-ethyl adjacent to an activating group) is 1. The second-order valence-corrected chi connectivity index (χ2v) is 4.60. The minimum Gasteiger partial charge on any atom is -0.342 e. The van der Waals surface area contributed by atoms with Gasteiger partial charge in [-0.25, -0.2) is 4.98 Å². The van der Waals surface area contributed by atoms with Gasteiger partial charge < -0.3 is 14.8 Å². The van der Waals surface area contributed by atoms with Crippen LogP contribution < -0.4 is 5.32 Å². The molecule has 1 aromatic rings. The zero-order valence-electron chi connectivity index (χ0n) is 12.4. The molecule has 0 saturated carbocycles. The zero-order chi connectivity index (χ0) is 14.1. The number of carbonyl (C=O) groups is 1. The van der Waals surface area contributed by atoms with Crippen molar-refractivity contribution in [3.8, 4) is 0 Å². The summed E-state index contributed by atoms with van der Waals surface area (Å²) in [7, 11) is 0. The first-order valence-corrected chi connectivity index (χ1v) is 7.20. The molecular weight excluding hydrogens is 240 g/mol. The highest BCUT2D eigenvalue weighted by atomic mass is 16.2. The van der Waals surface area contributed by atoms with Crippen molar-refractivity contribution in [3.63, 3.8) is 0 Å². The molecule has 0 aliphatic carbocycles. The van der Waals surface area contributed by atoms with Gasteiger partial charge in [0.05, 0.1) is 12.0 Å². The Bertz CT molecular complexity index is 371. The molecule has 1 aromatic heterocycles. The van der Waals surface area contributed by atoms with Gasteiger partial charge in [0.15, 0.2) is 0 Å². The van der Waals surface area contributed by atoms with E-state index < -0.39 is 0 Å². The lowest BCUT2D eigenvalue weighted by Gasteiger charge is -2.18. The van der Waals surface area contributed by atoms with Gasteiger partial charge in [0.25, 0.3) is 0 Å². The molecule has 0 atom stereocenters. The number of imidazole rings is 1. The highest BCUT2D eigenvalue weighted by molar-refractivity contribution is 5.75. The number of carbonyl (C=O) groups excluding carboxylic acids is 1. The number of hydrogen-bond acceptors (Lipinski definition) is 3. The fraction of sp³-hybridized carbons (Fsp3) is 0.714. The van der Waals surface area contributed by atoms with Crippen molar-refractivity contribution in [1.29, 1.82) is 0 Å². The van der Waals surface area contributed by atoms with Crippen molar-refractivity contribution in [2.75, 3.05) is 26.2 Å². The number of rotatable bonds is 9. The topological polar surface area (TPSA) is 50.2 Å². The van der Waals surface area contributed by atoms with E-state index in [0.29, 0.717) is 6.54 Å². The summed E-state index contributed by atoms with van der Waals surface area (Å²) < 4.78 is 1.87. The Kier molecular flexibility index (Phi) is 7.18. The Hall–Kier alpha value is -1.36. The molecule has 0 saturated heterocycles. The van der Waals surface area contributed by atoms with Crippen LogP contribution in [0.25, 0.3) is 0 Å². The molecule has 1 heterocycles. The number of amides is 1. The number of nitrogens with one attached hydrogen (secondary N) is 1. The quantitative estimate of drug-likeness (QED) is 0.685. The second-order valence-electron chi connectivity index (χ2n) is 4.60. The van der Waals surface area contributed by atoms with Crippen LogP contribution in [0.3, 0.4) is 0 Å². The molecule has 0 spiro atoms. The largest absolute Gasteiger partial charge is 0.342 e. The summed E-state index contributed by atoms with van der Waals surface area (Å²) in [5, 5.41) is 3.35. The van der Waals surface area contributed by atoms with Crippen LogP contribution in [0, 0.1) is 0 Å². The number of aromatic nitrogens is 2. The molecule has 0 aliphatic heterocycles. The second kappa shape index (κ2) is 8.69. The lowest BCUT2D eigenvalue weighted by Crippen LogP contribution is -2.33. The Morgan fingerprint density at radius 3 is 2.68 bits per heavy atom. The van der Waals surface area contributed by atoms with Gasteiger partial charge in [0.2, 0.25) is 5.91 Å². The monoisotopic (exact) mass is 266 g/mol. The lowest BCUT2D eigenvalue weighted by atomic mass is 10.3. The van der Waals surface area contributed by atoms with Crippen molar-refractivity contribution in [2.24, 2.45) is 0 Å². The first-order valence-electron chi connectivity index (χ1n) is 7.20. The van der Waals surface area contributed by atoms with Gasteiger partial charge in [0.1, 0.15) is 6.54 Å². The SMILES string of the molecule is CCCNCCc1cn(CC(=O)N(CC)CC)cn1. The van der Waals surface area contributed by atoms with Crippen LogP contribution in [-0.4, -0.2) is 46.5 Å². The average Bonchev–Trinajstić information content (AvgIpc) is 2.84. The molecule has 0 aromatic carbocycles. The van der Waals surface area contributed by atoms with Gasteiger partial charge >= 0.3 is 0 Å². The smallest absolute Gasteiger partial charge is 0.242 e. The first kappa shape index (κ1) is 15.7. The molecule has 1 N–H and O–H groups in total. The van der Waals surface area contributed by atoms with E-state index in [-0.39, 0.29) is 5.91 Å². The molecule has 1 rings (SSSR count). The Labute approximate surface area is 116 Å². The van der Waals surface area contributed by atoms with Gasteiger partial charge in [-0.3, -0.25) is 4.79 Å². The zero-order valence-corrected chi connectivity index (χ0v) is 12.4. The predicted octanol–water partition coefficient (Wildman–Crippen LogP) is 1.29. The van der Waals surface area contributed by atoms with E-state index in [9.17, 15) is 4.79 Å². The van der Waals surface area contributed by atoms with Crippen molar-refractivity contribution in [3.05, 3.63) is 18.2 Å². The third-order valence-corrected chi connectivity index (χ3v) is 3.11. The molecule has 0 unspecified atom stereocenters. The molecule has 5 heteroatoms. The standard InChI is InChI=1S/C14H26N4O/c1-4-8-15-9-7-13-10-17(12-16-13)11-14(19)18(5-2)6-3/h10,12,15H,4-9,11H2,1-3H3. The lowest BCUT2D eigenvalue weighted by molar-refractivity contribution is -0.131. The van der Waals surface area contributed by atoms with E-state index >= 15 is 0 Å². The molecule has 0 fully saturated rings. The molecular formula is C14H26N4O. The summed E-state index contributed by atoms with van der Waals surface area (Å²) >= 11 is 0. The highest BCUT2D eigenvalue weighted by Gasteiger charge is 2.10. The van der Waals surface area contributed by atoms with Gasteiger partial charge in [0, 0.05) is 32.3 Å². The fourth-order valence-corrected chi connectivity index (χ4v) is 1.97. The van der Waals surface area contributed by atoms with Gasteiger partial charge in [-0.15, -0.1) is 0 Å². The molecule has 19 heavy (non-hydrogen) atoms. The predicted molar refractivity (Wildman–Crippen MR) is 77.0 cm³/mol. The highest BCUT2D eigenvalue weighted by Crippen LogP contribution is 1.99. The Morgan fingerprint density at radius 1 is 1.32 bits per heavy atom. The molecule has 0 radical (unpaired) electrons. The van der Waals surface area contributed by atoms with Crippen molar-refractivity contribution in [2.45, 2.75) is 40.2 Å². The van der Waals surface area contributed by atoms with Crippen molar-refractivity contribution in [1.82, 2.24) is 19.8 Å². The Morgan fingerprint density at radius 2 is 2.05 bits per heavy atom. The Balaban J connectivity index is 2.39. The summed E-state index contributed by atoms with van der Waals surface area (Å²) in [4.78, 5) is 18.1. The average molecular weight is 266 g/mol. The first-order chi connectivity index (χ1) is 9.21. The van der Waals surface area contributed by atoms with E-state index in [1.807, 2.05) is 29.5 Å². The summed E-state index contributed by atoms with van der Waals surface area (Å²) in [5.74, 6) is 0.151. The third-order valence-electron chi connectivity index (χ3n) is 3.11. The molecule has 1 amide bonds. The van der Waals surface area contributed by atoms with Gasteiger partial charge in [-0.1, -0.05) is 6.92 Å². The summed E-state index contributed by atoms with van der Waals surface area (Å²) in [5.41, 5.74) is 1.04. The number of nitrogens with zero attached hydrogens (tertiary/aromatic N) is 3. The normalized spacial score (nSPS) is 10.7. The van der Waals surface area contributed by atoms with E-state index in [1.165, 1.54) is 0 Å². The third kappa shape index (κ3) is 5.42. The van der Waals surface area contributed by atoms with E-state index in [1.54, 1.807) is 6.33 Å². The molecule has 108 valence electrons. The van der Waals surface area contributed by atoms with Crippen LogP contribution in [-0.2, 0) is 17.8 Å². The number of hydrogen-bond donors (Lipinski definition) is 1. The summed E-state index contributed by atoms with van der Waals surface area (Å²) in [6.45, 7) is 10.0. The van der Waals surface area contributed by atoms with Crippen LogP contribution >= 0.6 is 0 Å². The van der Waals surface area contributed by atoms with Crippen LogP contribution in [0.4, 0.5) is 0 Å². The van der Waals surface area contributed by atoms with Crippen LogP contribution in [0.5, 0.6) is 0 Å².